The Morgan fingerprint density at radius 1 is 1.39 bits per heavy atom. The van der Waals surface area contributed by atoms with Crippen LogP contribution in [0.5, 0.6) is 0 Å². The van der Waals surface area contributed by atoms with Gasteiger partial charge < -0.3 is 25.8 Å². The predicted octanol–water partition coefficient (Wildman–Crippen LogP) is -1.25. The molecule has 0 aromatic heterocycles. The first-order valence-corrected chi connectivity index (χ1v) is 5.50. The van der Waals surface area contributed by atoms with Crippen LogP contribution in [0.3, 0.4) is 0 Å². The predicted molar refractivity (Wildman–Crippen MR) is 60.8 cm³/mol. The maximum atomic E-state index is 11.8. The Morgan fingerprint density at radius 2 is 1.94 bits per heavy atom. The van der Waals surface area contributed by atoms with Gasteiger partial charge in [-0.15, -0.1) is 0 Å². The summed E-state index contributed by atoms with van der Waals surface area (Å²) in [5, 5.41) is 11.7. The molecule has 1 fully saturated rings. The van der Waals surface area contributed by atoms with E-state index in [0.717, 1.165) is 4.90 Å². The van der Waals surface area contributed by atoms with Gasteiger partial charge in [0, 0.05) is 33.1 Å². The van der Waals surface area contributed by atoms with Crippen molar-refractivity contribution in [3.05, 3.63) is 0 Å². The van der Waals surface area contributed by atoms with Crippen LogP contribution in [0.2, 0.25) is 0 Å². The number of urea groups is 1. The average molecular weight is 259 g/mol. The first-order chi connectivity index (χ1) is 8.37. The summed E-state index contributed by atoms with van der Waals surface area (Å²) in [5.74, 6) is -1.77. The quantitative estimate of drug-likeness (QED) is 0.582. The lowest BCUT2D eigenvalue weighted by molar-refractivity contribution is -0.148. The minimum atomic E-state index is -1.33. The zero-order valence-corrected chi connectivity index (χ0v) is 10.1. The highest BCUT2D eigenvalue weighted by atomic mass is 16.5. The fraction of sp³-hybridized carbons (Fsp3) is 0.700. The van der Waals surface area contributed by atoms with Crippen LogP contribution in [0.4, 0.5) is 4.79 Å². The molecule has 1 aliphatic rings. The van der Waals surface area contributed by atoms with Crippen molar-refractivity contribution in [2.24, 2.45) is 5.73 Å². The fourth-order valence-electron chi connectivity index (χ4n) is 1.72. The summed E-state index contributed by atoms with van der Waals surface area (Å²) in [4.78, 5) is 34.8. The number of rotatable bonds is 4. The number of primary amides is 1. The molecule has 102 valence electrons. The number of carbonyl (C=O) groups excluding carboxylic acids is 2. The van der Waals surface area contributed by atoms with Crippen molar-refractivity contribution in [3.63, 3.8) is 0 Å². The van der Waals surface area contributed by atoms with Crippen LogP contribution in [0.15, 0.2) is 0 Å². The molecule has 3 amide bonds. The molecule has 0 aromatic rings. The van der Waals surface area contributed by atoms with E-state index in [1.165, 1.54) is 7.05 Å². The lowest BCUT2D eigenvalue weighted by Gasteiger charge is -2.35. The van der Waals surface area contributed by atoms with E-state index in [4.69, 9.17) is 10.5 Å². The van der Waals surface area contributed by atoms with Gasteiger partial charge in [0.25, 0.3) is 0 Å². The number of ether oxygens (including phenoxy) is 1. The Hall–Kier alpha value is -1.83. The van der Waals surface area contributed by atoms with Crippen molar-refractivity contribution in [1.29, 1.82) is 0 Å². The number of hydrogen-bond acceptors (Lipinski definition) is 4. The van der Waals surface area contributed by atoms with E-state index in [9.17, 15) is 19.5 Å². The molecular formula is C10H17N3O5. The Bertz CT molecular complexity index is 351. The van der Waals surface area contributed by atoms with Gasteiger partial charge in [-0.1, -0.05) is 0 Å². The Kier molecular flexibility index (Phi) is 4.49. The van der Waals surface area contributed by atoms with Crippen LogP contribution < -0.4 is 11.1 Å². The molecule has 1 aliphatic heterocycles. The fourth-order valence-corrected chi connectivity index (χ4v) is 1.72. The third-order valence-corrected chi connectivity index (χ3v) is 2.84. The molecule has 0 atom stereocenters. The maximum Gasteiger partial charge on any atom is 0.329 e. The first-order valence-electron chi connectivity index (χ1n) is 5.50. The van der Waals surface area contributed by atoms with E-state index < -0.39 is 23.4 Å². The van der Waals surface area contributed by atoms with Crippen molar-refractivity contribution < 1.29 is 24.2 Å². The molecular weight excluding hydrogens is 242 g/mol. The van der Waals surface area contributed by atoms with E-state index >= 15 is 0 Å². The monoisotopic (exact) mass is 259 g/mol. The number of likely N-dealkylation sites (N-methyl/N-ethyl adjacent to an activating group) is 1. The van der Waals surface area contributed by atoms with Crippen LogP contribution >= 0.6 is 0 Å². The lowest BCUT2D eigenvalue weighted by atomic mass is 9.90. The van der Waals surface area contributed by atoms with Crippen LogP contribution in [0.1, 0.15) is 12.8 Å². The van der Waals surface area contributed by atoms with Gasteiger partial charge in [-0.3, -0.25) is 4.79 Å². The number of carboxylic acid groups (broad SMARTS) is 1. The smallest absolute Gasteiger partial charge is 0.329 e. The molecule has 0 aliphatic carbocycles. The summed E-state index contributed by atoms with van der Waals surface area (Å²) in [5.41, 5.74) is 3.63. The van der Waals surface area contributed by atoms with E-state index in [0.29, 0.717) is 0 Å². The Balaban J connectivity index is 2.69. The summed E-state index contributed by atoms with van der Waals surface area (Å²) in [7, 11) is 1.37. The maximum absolute atomic E-state index is 11.8. The largest absolute Gasteiger partial charge is 0.480 e. The van der Waals surface area contributed by atoms with Crippen molar-refractivity contribution in [2.45, 2.75) is 18.4 Å². The molecule has 1 heterocycles. The van der Waals surface area contributed by atoms with Gasteiger partial charge in [0.15, 0.2) is 0 Å². The number of carboxylic acids is 1. The molecule has 0 spiro atoms. The molecule has 8 nitrogen and oxygen atoms in total. The SMILES string of the molecule is CN(CC(N)=O)C(=O)NC1(C(=O)O)CCOCC1. The summed E-state index contributed by atoms with van der Waals surface area (Å²) in [6, 6.07) is -0.641. The molecule has 1 saturated heterocycles. The topological polar surface area (TPSA) is 122 Å². The van der Waals surface area contributed by atoms with Gasteiger partial charge >= 0.3 is 12.0 Å². The summed E-state index contributed by atoms with van der Waals surface area (Å²) in [6.07, 6.45) is 0.386. The molecule has 0 unspecified atom stereocenters. The highest BCUT2D eigenvalue weighted by Gasteiger charge is 2.42. The van der Waals surface area contributed by atoms with Gasteiger partial charge in [-0.2, -0.15) is 0 Å². The minimum Gasteiger partial charge on any atom is -0.480 e. The van der Waals surface area contributed by atoms with Crippen LogP contribution in [-0.4, -0.2) is 60.3 Å². The minimum absolute atomic E-state index is 0.193. The standard InChI is InChI=1S/C10H17N3O5/c1-13(6-7(11)14)9(17)12-10(8(15)16)2-4-18-5-3-10/h2-6H2,1H3,(H2,11,14)(H,12,17)(H,15,16). The van der Waals surface area contributed by atoms with Crippen molar-refractivity contribution >= 4 is 17.9 Å². The molecule has 0 radical (unpaired) electrons. The van der Waals surface area contributed by atoms with Crippen LogP contribution in [-0.2, 0) is 14.3 Å². The van der Waals surface area contributed by atoms with Gasteiger partial charge in [-0.05, 0) is 0 Å². The zero-order valence-electron chi connectivity index (χ0n) is 10.1. The number of nitrogens with zero attached hydrogens (tertiary/aromatic N) is 1. The molecule has 0 saturated carbocycles. The first kappa shape index (κ1) is 14.2. The summed E-state index contributed by atoms with van der Waals surface area (Å²) >= 11 is 0. The van der Waals surface area contributed by atoms with E-state index in [1.807, 2.05) is 0 Å². The zero-order chi connectivity index (χ0) is 13.8. The van der Waals surface area contributed by atoms with E-state index in [1.54, 1.807) is 0 Å². The number of nitrogens with one attached hydrogen (secondary N) is 1. The number of nitrogens with two attached hydrogens (primary N) is 1. The third-order valence-electron chi connectivity index (χ3n) is 2.84. The third kappa shape index (κ3) is 3.33. The molecule has 0 aromatic carbocycles. The van der Waals surface area contributed by atoms with E-state index in [2.05, 4.69) is 5.32 Å². The summed E-state index contributed by atoms with van der Waals surface area (Å²) in [6.45, 7) is 0.274. The number of amides is 3. The second-order valence-corrected chi connectivity index (χ2v) is 4.25. The van der Waals surface area contributed by atoms with Gasteiger partial charge in [-0.25, -0.2) is 9.59 Å². The van der Waals surface area contributed by atoms with E-state index in [-0.39, 0.29) is 32.6 Å². The van der Waals surface area contributed by atoms with Crippen LogP contribution in [0.25, 0.3) is 0 Å². The van der Waals surface area contributed by atoms with Crippen LogP contribution in [0, 0.1) is 0 Å². The average Bonchev–Trinajstić information content (AvgIpc) is 2.29. The Labute approximate surface area is 104 Å². The lowest BCUT2D eigenvalue weighted by Crippen LogP contribution is -2.60. The number of carbonyl (C=O) groups is 3. The number of aliphatic carboxylic acids is 1. The second kappa shape index (κ2) is 5.67. The van der Waals surface area contributed by atoms with Crippen molar-refractivity contribution in [3.8, 4) is 0 Å². The molecule has 0 bridgehead atoms. The van der Waals surface area contributed by atoms with Gasteiger partial charge in [0.1, 0.15) is 12.1 Å². The second-order valence-electron chi connectivity index (χ2n) is 4.25. The van der Waals surface area contributed by atoms with Gasteiger partial charge in [0.2, 0.25) is 5.91 Å². The normalized spacial score (nSPS) is 17.8. The molecule has 1 rings (SSSR count). The highest BCUT2D eigenvalue weighted by molar-refractivity contribution is 5.88. The summed E-state index contributed by atoms with van der Waals surface area (Å²) < 4.78 is 5.08. The molecule has 4 N–H and O–H groups in total. The van der Waals surface area contributed by atoms with Gasteiger partial charge in [0.05, 0.1) is 0 Å². The highest BCUT2D eigenvalue weighted by Crippen LogP contribution is 2.21. The van der Waals surface area contributed by atoms with Crippen molar-refractivity contribution in [2.75, 3.05) is 26.8 Å². The molecule has 18 heavy (non-hydrogen) atoms. The van der Waals surface area contributed by atoms with Crippen molar-refractivity contribution in [1.82, 2.24) is 10.2 Å². The molecule has 8 heteroatoms. The Morgan fingerprint density at radius 3 is 2.39 bits per heavy atom. The number of hydrogen-bond donors (Lipinski definition) is 3.